The van der Waals surface area contributed by atoms with Gasteiger partial charge < -0.3 is 5.32 Å². The molecule has 1 aliphatic rings. The van der Waals surface area contributed by atoms with Gasteiger partial charge in [0.1, 0.15) is 0 Å². The summed E-state index contributed by atoms with van der Waals surface area (Å²) in [6, 6.07) is 17.0. The van der Waals surface area contributed by atoms with Crippen LogP contribution in [0.5, 0.6) is 0 Å². The summed E-state index contributed by atoms with van der Waals surface area (Å²) in [6.07, 6.45) is 1.00. The number of amides is 2. The molecule has 2 aromatic carbocycles. The Kier molecular flexibility index (Phi) is 6.24. The normalized spacial score (nSPS) is 14.6. The summed E-state index contributed by atoms with van der Waals surface area (Å²) >= 11 is 5.98. The van der Waals surface area contributed by atoms with Gasteiger partial charge >= 0.3 is 0 Å². The molecule has 5 nitrogen and oxygen atoms in total. The maximum atomic E-state index is 12.3. The number of hydrogen-bond donors (Lipinski definition) is 1. The van der Waals surface area contributed by atoms with Crippen molar-refractivity contribution in [3.05, 3.63) is 70.7 Å². The minimum Gasteiger partial charge on any atom is -0.350 e. The van der Waals surface area contributed by atoms with Crippen LogP contribution in [0, 0.1) is 0 Å². The van der Waals surface area contributed by atoms with Gasteiger partial charge in [-0.1, -0.05) is 54.1 Å². The van der Waals surface area contributed by atoms with Crippen LogP contribution < -0.4 is 5.32 Å². The molecule has 0 radical (unpaired) electrons. The number of carbonyl (C=O) groups is 2. The van der Waals surface area contributed by atoms with Crippen molar-refractivity contribution in [2.45, 2.75) is 32.2 Å². The minimum atomic E-state index is -0.166. The smallest absolute Gasteiger partial charge is 0.243 e. The lowest BCUT2D eigenvalue weighted by molar-refractivity contribution is -0.133. The van der Waals surface area contributed by atoms with Crippen LogP contribution in [-0.4, -0.2) is 29.1 Å². The van der Waals surface area contributed by atoms with Crippen LogP contribution in [0.25, 0.3) is 0 Å². The van der Waals surface area contributed by atoms with Gasteiger partial charge in [-0.25, -0.2) is 5.01 Å². The third-order valence-corrected chi connectivity index (χ3v) is 4.72. The molecule has 0 aliphatic carbocycles. The predicted molar refractivity (Wildman–Crippen MR) is 107 cm³/mol. The van der Waals surface area contributed by atoms with Gasteiger partial charge in [0.25, 0.3) is 0 Å². The van der Waals surface area contributed by atoms with Crippen molar-refractivity contribution in [3.8, 4) is 0 Å². The Morgan fingerprint density at radius 1 is 1.15 bits per heavy atom. The highest BCUT2D eigenvalue weighted by atomic mass is 35.5. The molecule has 1 aliphatic heterocycles. The first-order valence-electron chi connectivity index (χ1n) is 9.01. The van der Waals surface area contributed by atoms with E-state index in [0.717, 1.165) is 23.3 Å². The number of hydrogen-bond acceptors (Lipinski definition) is 3. The van der Waals surface area contributed by atoms with E-state index in [-0.39, 0.29) is 30.7 Å². The zero-order valence-electron chi connectivity index (χ0n) is 15.2. The van der Waals surface area contributed by atoms with Gasteiger partial charge in [-0.3, -0.25) is 9.59 Å². The lowest BCUT2D eigenvalue weighted by atomic mass is 10.1. The van der Waals surface area contributed by atoms with E-state index in [0.29, 0.717) is 11.6 Å². The molecule has 1 heterocycles. The molecule has 27 heavy (non-hydrogen) atoms. The Hall–Kier alpha value is -2.66. The molecule has 0 aromatic heterocycles. The van der Waals surface area contributed by atoms with Crippen LogP contribution in [0.3, 0.4) is 0 Å². The summed E-state index contributed by atoms with van der Waals surface area (Å²) in [5, 5.41) is 9.41. The van der Waals surface area contributed by atoms with Crippen molar-refractivity contribution < 1.29 is 9.59 Å². The van der Waals surface area contributed by atoms with E-state index in [1.54, 1.807) is 6.07 Å². The first-order valence-corrected chi connectivity index (χ1v) is 9.39. The molecule has 3 rings (SSSR count). The van der Waals surface area contributed by atoms with E-state index < -0.39 is 0 Å². The number of benzene rings is 2. The van der Waals surface area contributed by atoms with Crippen molar-refractivity contribution in [3.63, 3.8) is 0 Å². The number of hydrazone groups is 1. The first-order chi connectivity index (χ1) is 13.0. The summed E-state index contributed by atoms with van der Waals surface area (Å²) in [5.41, 5.74) is 2.86. The monoisotopic (exact) mass is 383 g/mol. The third-order valence-electron chi connectivity index (χ3n) is 4.49. The second kappa shape index (κ2) is 8.82. The molecule has 0 saturated carbocycles. The molecule has 6 heteroatoms. The molecule has 0 spiro atoms. The van der Waals surface area contributed by atoms with E-state index in [2.05, 4.69) is 10.4 Å². The lowest BCUT2D eigenvalue weighted by Crippen LogP contribution is -2.29. The van der Waals surface area contributed by atoms with E-state index in [9.17, 15) is 9.59 Å². The molecular formula is C21H22ClN3O2. The molecule has 140 valence electrons. The van der Waals surface area contributed by atoms with Crippen LogP contribution in [0.15, 0.2) is 59.7 Å². The van der Waals surface area contributed by atoms with Gasteiger partial charge in [0.15, 0.2) is 0 Å². The van der Waals surface area contributed by atoms with Crippen LogP contribution >= 0.6 is 11.6 Å². The van der Waals surface area contributed by atoms with Gasteiger partial charge in [0.2, 0.25) is 11.8 Å². The van der Waals surface area contributed by atoms with E-state index in [1.807, 2.05) is 55.5 Å². The largest absolute Gasteiger partial charge is 0.350 e. The van der Waals surface area contributed by atoms with Gasteiger partial charge in [-0.05, 0) is 30.2 Å². The standard InChI is InChI=1S/C21H22ClN3O2/c1-15(17-8-5-9-18(22)14-17)23-20(26)10-11-21(27)25-13-12-19(24-25)16-6-3-2-4-7-16/h2-9,14-15H,10-13H2,1H3,(H,23,26). The number of carbonyl (C=O) groups excluding carboxylic acids is 2. The average molecular weight is 384 g/mol. The second-order valence-electron chi connectivity index (χ2n) is 6.52. The Bertz CT molecular complexity index is 852. The number of nitrogens with one attached hydrogen (secondary N) is 1. The summed E-state index contributed by atoms with van der Waals surface area (Å²) in [7, 11) is 0. The molecule has 1 N–H and O–H groups in total. The highest BCUT2D eigenvalue weighted by molar-refractivity contribution is 6.30. The summed E-state index contributed by atoms with van der Waals surface area (Å²) in [6.45, 7) is 2.45. The predicted octanol–water partition coefficient (Wildman–Crippen LogP) is 3.93. The second-order valence-corrected chi connectivity index (χ2v) is 6.96. The molecular weight excluding hydrogens is 362 g/mol. The summed E-state index contributed by atoms with van der Waals surface area (Å²) in [4.78, 5) is 24.5. The van der Waals surface area contributed by atoms with Crippen LogP contribution in [0.1, 0.15) is 43.4 Å². The maximum Gasteiger partial charge on any atom is 0.243 e. The summed E-state index contributed by atoms with van der Waals surface area (Å²) in [5.74, 6) is -0.297. The fourth-order valence-corrected chi connectivity index (χ4v) is 3.19. The van der Waals surface area contributed by atoms with Gasteiger partial charge in [0.05, 0.1) is 18.3 Å². The zero-order chi connectivity index (χ0) is 19.2. The Balaban J connectivity index is 1.49. The lowest BCUT2D eigenvalue weighted by Gasteiger charge is -2.15. The van der Waals surface area contributed by atoms with Crippen molar-refractivity contribution in [1.82, 2.24) is 10.3 Å². The number of halogens is 1. The first kappa shape index (κ1) is 19.1. The molecule has 0 bridgehead atoms. The number of rotatable bonds is 6. The van der Waals surface area contributed by atoms with E-state index >= 15 is 0 Å². The fraction of sp³-hybridized carbons (Fsp3) is 0.286. The zero-order valence-corrected chi connectivity index (χ0v) is 15.9. The molecule has 0 saturated heterocycles. The van der Waals surface area contributed by atoms with Gasteiger partial charge in [-0.2, -0.15) is 5.10 Å². The SMILES string of the molecule is CC(NC(=O)CCC(=O)N1CCC(c2ccccc2)=N1)c1cccc(Cl)c1. The van der Waals surface area contributed by atoms with Crippen molar-refractivity contribution in [1.29, 1.82) is 0 Å². The van der Waals surface area contributed by atoms with Crippen molar-refractivity contribution >= 4 is 29.1 Å². The van der Waals surface area contributed by atoms with Crippen molar-refractivity contribution in [2.24, 2.45) is 5.10 Å². The number of nitrogens with zero attached hydrogens (tertiary/aromatic N) is 2. The van der Waals surface area contributed by atoms with Crippen molar-refractivity contribution in [2.75, 3.05) is 6.54 Å². The molecule has 1 unspecified atom stereocenters. The van der Waals surface area contributed by atoms with Crippen LogP contribution in [0.2, 0.25) is 5.02 Å². The van der Waals surface area contributed by atoms with Gasteiger partial charge in [0, 0.05) is 24.3 Å². The van der Waals surface area contributed by atoms with E-state index in [1.165, 1.54) is 5.01 Å². The quantitative estimate of drug-likeness (QED) is 0.821. The minimum absolute atomic E-state index is 0.133. The third kappa shape index (κ3) is 5.17. The Morgan fingerprint density at radius 2 is 1.93 bits per heavy atom. The molecule has 0 fully saturated rings. The molecule has 2 aromatic rings. The highest BCUT2D eigenvalue weighted by Crippen LogP contribution is 2.18. The molecule has 1 atom stereocenters. The topological polar surface area (TPSA) is 61.8 Å². The average Bonchev–Trinajstić information content (AvgIpc) is 3.17. The summed E-state index contributed by atoms with van der Waals surface area (Å²) < 4.78 is 0. The van der Waals surface area contributed by atoms with Gasteiger partial charge in [-0.15, -0.1) is 0 Å². The maximum absolute atomic E-state index is 12.3. The van der Waals surface area contributed by atoms with Crippen LogP contribution in [-0.2, 0) is 9.59 Å². The Labute approximate surface area is 164 Å². The molecule has 2 amide bonds. The fourth-order valence-electron chi connectivity index (χ4n) is 2.99. The highest BCUT2D eigenvalue weighted by Gasteiger charge is 2.22. The van der Waals surface area contributed by atoms with E-state index in [4.69, 9.17) is 11.6 Å². The Morgan fingerprint density at radius 3 is 2.67 bits per heavy atom. The van der Waals surface area contributed by atoms with Crippen LogP contribution in [0.4, 0.5) is 0 Å².